The highest BCUT2D eigenvalue weighted by Gasteiger charge is 2.44. The van der Waals surface area contributed by atoms with Crippen LogP contribution >= 0.6 is 12.2 Å². The molecule has 10 heteroatoms. The zero-order valence-electron chi connectivity index (χ0n) is 19.3. The van der Waals surface area contributed by atoms with Crippen LogP contribution in [0.5, 0.6) is 5.75 Å². The molecular formula is C26H23FN4O4S. The third kappa shape index (κ3) is 5.66. The number of carbonyl (C=O) groups excluding carboxylic acids is 3. The summed E-state index contributed by atoms with van der Waals surface area (Å²) in [7, 11) is 1.52. The fourth-order valence-electron chi connectivity index (χ4n) is 3.70. The van der Waals surface area contributed by atoms with Gasteiger partial charge in [-0.05, 0) is 66.3 Å². The van der Waals surface area contributed by atoms with E-state index in [-0.39, 0.29) is 18.1 Å². The minimum absolute atomic E-state index is 0.0743. The lowest BCUT2D eigenvalue weighted by Crippen LogP contribution is -2.49. The molecule has 0 radical (unpaired) electrons. The Morgan fingerprint density at radius 1 is 1.00 bits per heavy atom. The Morgan fingerprint density at radius 2 is 1.67 bits per heavy atom. The van der Waals surface area contributed by atoms with E-state index < -0.39 is 29.6 Å². The first-order valence-electron chi connectivity index (χ1n) is 11.0. The molecular weight excluding hydrogens is 483 g/mol. The molecule has 3 amide bonds. The second-order valence-corrected chi connectivity index (χ2v) is 8.37. The third-order valence-corrected chi connectivity index (χ3v) is 5.98. The lowest BCUT2D eigenvalue weighted by Gasteiger charge is -2.24. The molecule has 8 nitrogen and oxygen atoms in total. The van der Waals surface area contributed by atoms with E-state index in [1.807, 2.05) is 30.3 Å². The fraction of sp³-hybridized carbons (Fsp3) is 0.154. The normalized spacial score (nSPS) is 15.1. The van der Waals surface area contributed by atoms with Gasteiger partial charge in [-0.15, -0.1) is 0 Å². The van der Waals surface area contributed by atoms with E-state index in [0.717, 1.165) is 5.56 Å². The van der Waals surface area contributed by atoms with Crippen molar-refractivity contribution >= 4 is 40.7 Å². The SMILES string of the molecule is COc1ccc(C(=O)NN2C(=S)N(Cc3ccccc3)C(=O)C2CC(=O)Nc2ccc(F)cc2)cc1. The minimum atomic E-state index is -1.07. The molecule has 1 fully saturated rings. The molecule has 4 rings (SSSR count). The van der Waals surface area contributed by atoms with Crippen LogP contribution in [0.3, 0.4) is 0 Å². The van der Waals surface area contributed by atoms with Crippen molar-refractivity contribution in [3.63, 3.8) is 0 Å². The first kappa shape index (κ1) is 24.8. The predicted octanol–water partition coefficient (Wildman–Crippen LogP) is 3.51. The first-order chi connectivity index (χ1) is 17.4. The van der Waals surface area contributed by atoms with E-state index in [2.05, 4.69) is 10.7 Å². The van der Waals surface area contributed by atoms with E-state index in [0.29, 0.717) is 17.0 Å². The molecule has 1 aliphatic rings. The molecule has 1 atom stereocenters. The number of carbonyl (C=O) groups is 3. The number of nitrogens with one attached hydrogen (secondary N) is 2. The summed E-state index contributed by atoms with van der Waals surface area (Å²) in [5.74, 6) is -1.27. The maximum Gasteiger partial charge on any atom is 0.269 e. The van der Waals surface area contributed by atoms with Gasteiger partial charge in [0.15, 0.2) is 5.11 Å². The molecule has 0 aromatic heterocycles. The van der Waals surface area contributed by atoms with E-state index in [4.69, 9.17) is 17.0 Å². The molecule has 0 bridgehead atoms. The van der Waals surface area contributed by atoms with Crippen molar-refractivity contribution in [1.82, 2.24) is 15.3 Å². The molecule has 0 spiro atoms. The van der Waals surface area contributed by atoms with Crippen molar-refractivity contribution in [2.45, 2.75) is 19.0 Å². The van der Waals surface area contributed by atoms with Gasteiger partial charge < -0.3 is 10.1 Å². The van der Waals surface area contributed by atoms with Gasteiger partial charge >= 0.3 is 0 Å². The van der Waals surface area contributed by atoms with Gasteiger partial charge in [0.05, 0.1) is 20.1 Å². The number of methoxy groups -OCH3 is 1. The van der Waals surface area contributed by atoms with Crippen LogP contribution in [0.15, 0.2) is 78.9 Å². The van der Waals surface area contributed by atoms with Gasteiger partial charge in [0.1, 0.15) is 17.6 Å². The zero-order chi connectivity index (χ0) is 25.7. The number of benzene rings is 3. The molecule has 1 aliphatic heterocycles. The summed E-state index contributed by atoms with van der Waals surface area (Å²) in [6.45, 7) is 0.184. The number of hydrogen-bond acceptors (Lipinski definition) is 5. The van der Waals surface area contributed by atoms with Crippen LogP contribution in [0.25, 0.3) is 0 Å². The van der Waals surface area contributed by atoms with E-state index in [1.165, 1.54) is 41.3 Å². The molecule has 3 aromatic carbocycles. The van der Waals surface area contributed by atoms with E-state index in [9.17, 15) is 18.8 Å². The Labute approximate surface area is 212 Å². The Morgan fingerprint density at radius 3 is 2.31 bits per heavy atom. The van der Waals surface area contributed by atoms with Crippen LogP contribution in [0.1, 0.15) is 22.3 Å². The Hall–Kier alpha value is -4.31. The summed E-state index contributed by atoms with van der Waals surface area (Å²) in [4.78, 5) is 40.4. The van der Waals surface area contributed by atoms with Crippen molar-refractivity contribution in [2.75, 3.05) is 12.4 Å². The number of hydrogen-bond donors (Lipinski definition) is 2. The fourth-order valence-corrected chi connectivity index (χ4v) is 4.03. The zero-order valence-corrected chi connectivity index (χ0v) is 20.1. The molecule has 184 valence electrons. The summed E-state index contributed by atoms with van der Waals surface area (Å²) in [5, 5.41) is 3.96. The largest absolute Gasteiger partial charge is 0.497 e. The van der Waals surface area contributed by atoms with Crippen molar-refractivity contribution < 1.29 is 23.5 Å². The van der Waals surface area contributed by atoms with E-state index in [1.54, 1.807) is 24.3 Å². The molecule has 1 unspecified atom stereocenters. The minimum Gasteiger partial charge on any atom is -0.497 e. The number of ether oxygens (including phenoxy) is 1. The average Bonchev–Trinajstić information content (AvgIpc) is 3.10. The van der Waals surface area contributed by atoms with Crippen molar-refractivity contribution in [3.8, 4) is 5.75 Å². The Bertz CT molecular complexity index is 1270. The van der Waals surface area contributed by atoms with Crippen molar-refractivity contribution in [1.29, 1.82) is 0 Å². The summed E-state index contributed by atoms with van der Waals surface area (Å²) in [6.07, 6.45) is -0.287. The second kappa shape index (κ2) is 11.0. The lowest BCUT2D eigenvalue weighted by molar-refractivity contribution is -0.131. The highest BCUT2D eigenvalue weighted by Crippen LogP contribution is 2.23. The maximum absolute atomic E-state index is 13.4. The number of thiocarbonyl (C=S) groups is 1. The van der Waals surface area contributed by atoms with Gasteiger partial charge in [0.2, 0.25) is 5.91 Å². The van der Waals surface area contributed by atoms with Crippen LogP contribution in [0.2, 0.25) is 0 Å². The molecule has 0 saturated carbocycles. The molecule has 2 N–H and O–H groups in total. The van der Waals surface area contributed by atoms with Crippen LogP contribution in [0, 0.1) is 5.82 Å². The third-order valence-electron chi connectivity index (χ3n) is 5.56. The summed E-state index contributed by atoms with van der Waals surface area (Å²) in [5.41, 5.74) is 4.22. The van der Waals surface area contributed by atoms with Gasteiger partial charge in [0.25, 0.3) is 11.8 Å². The quantitative estimate of drug-likeness (QED) is 0.455. The van der Waals surface area contributed by atoms with Gasteiger partial charge in [-0.1, -0.05) is 30.3 Å². The Balaban J connectivity index is 1.54. The van der Waals surface area contributed by atoms with E-state index >= 15 is 0 Å². The van der Waals surface area contributed by atoms with Gasteiger partial charge in [-0.2, -0.15) is 0 Å². The molecule has 0 aliphatic carbocycles. The Kier molecular flexibility index (Phi) is 7.55. The number of amides is 3. The predicted molar refractivity (Wildman–Crippen MR) is 135 cm³/mol. The summed E-state index contributed by atoms with van der Waals surface area (Å²) >= 11 is 5.54. The maximum atomic E-state index is 13.4. The highest BCUT2D eigenvalue weighted by atomic mass is 32.1. The van der Waals surface area contributed by atoms with Gasteiger partial charge in [-0.25, -0.2) is 9.40 Å². The average molecular weight is 507 g/mol. The van der Waals surface area contributed by atoms with Crippen LogP contribution in [0.4, 0.5) is 10.1 Å². The van der Waals surface area contributed by atoms with Gasteiger partial charge in [0, 0.05) is 11.3 Å². The number of hydrazine groups is 1. The topological polar surface area (TPSA) is 91.0 Å². The first-order valence-corrected chi connectivity index (χ1v) is 11.5. The summed E-state index contributed by atoms with van der Waals surface area (Å²) in [6, 6.07) is 19.9. The molecule has 1 heterocycles. The number of nitrogens with zero attached hydrogens (tertiary/aromatic N) is 2. The smallest absolute Gasteiger partial charge is 0.269 e. The standard InChI is InChI=1S/C26H23FN4O4S/c1-35-21-13-7-18(8-14-21)24(33)29-31-22(15-23(32)28-20-11-9-19(27)10-12-20)25(34)30(26(31)36)16-17-5-3-2-4-6-17/h2-14,22H,15-16H2,1H3,(H,28,32)(H,29,33). The van der Waals surface area contributed by atoms with Crippen molar-refractivity contribution in [2.24, 2.45) is 0 Å². The molecule has 1 saturated heterocycles. The number of halogens is 1. The highest BCUT2D eigenvalue weighted by molar-refractivity contribution is 7.80. The van der Waals surface area contributed by atoms with Crippen LogP contribution < -0.4 is 15.5 Å². The number of rotatable bonds is 8. The molecule has 36 heavy (non-hydrogen) atoms. The van der Waals surface area contributed by atoms with Crippen LogP contribution in [-0.4, -0.2) is 45.9 Å². The second-order valence-electron chi connectivity index (χ2n) is 8.01. The number of anilines is 1. The van der Waals surface area contributed by atoms with Gasteiger partial charge in [-0.3, -0.25) is 24.7 Å². The lowest BCUT2D eigenvalue weighted by atomic mass is 10.1. The summed E-state index contributed by atoms with van der Waals surface area (Å²) < 4.78 is 18.3. The van der Waals surface area contributed by atoms with Crippen LogP contribution in [-0.2, 0) is 16.1 Å². The van der Waals surface area contributed by atoms with Crippen molar-refractivity contribution in [3.05, 3.63) is 95.8 Å². The molecule has 3 aromatic rings. The monoisotopic (exact) mass is 506 g/mol.